The molecule has 0 saturated carbocycles. The maximum Gasteiger partial charge on any atom is 0.349 e. The van der Waals surface area contributed by atoms with E-state index in [0.29, 0.717) is 5.69 Å². The van der Waals surface area contributed by atoms with Crippen molar-refractivity contribution >= 4 is 34.1 Å². The number of nitrogens with one attached hydrogen (secondary N) is 1. The fourth-order valence-corrected chi connectivity index (χ4v) is 3.72. The molecule has 4 aromatic rings. The number of methoxy groups -OCH3 is 1. The predicted molar refractivity (Wildman–Crippen MR) is 111 cm³/mol. The number of benzene rings is 2. The van der Waals surface area contributed by atoms with E-state index in [1.165, 1.54) is 12.1 Å². The summed E-state index contributed by atoms with van der Waals surface area (Å²) in [5, 5.41) is 18.3. The van der Waals surface area contributed by atoms with Gasteiger partial charge in [-0.15, -0.1) is 5.10 Å². The fourth-order valence-electron chi connectivity index (χ4n) is 3.08. The zero-order valence-corrected chi connectivity index (χ0v) is 17.1. The van der Waals surface area contributed by atoms with E-state index in [0.717, 1.165) is 26.9 Å². The fraction of sp³-hybridized carbons (Fsp3) is 0.105. The number of aromatic nitrogens is 5. The van der Waals surface area contributed by atoms with Crippen molar-refractivity contribution in [1.82, 2.24) is 24.5 Å². The van der Waals surface area contributed by atoms with E-state index in [1.54, 1.807) is 24.1 Å². The monoisotopic (exact) mass is 442 g/mol. The van der Waals surface area contributed by atoms with E-state index in [9.17, 15) is 9.59 Å². The molecule has 0 radical (unpaired) electrons. The van der Waals surface area contributed by atoms with Crippen molar-refractivity contribution in [3.63, 3.8) is 0 Å². The molecule has 0 aliphatic rings. The van der Waals surface area contributed by atoms with Gasteiger partial charge < -0.3 is 4.74 Å². The van der Waals surface area contributed by atoms with Crippen molar-refractivity contribution in [1.29, 1.82) is 5.26 Å². The van der Waals surface area contributed by atoms with E-state index in [4.69, 9.17) is 33.2 Å². The van der Waals surface area contributed by atoms with Gasteiger partial charge in [-0.1, -0.05) is 23.2 Å². The molecule has 0 unspecified atom stereocenters. The van der Waals surface area contributed by atoms with Gasteiger partial charge in [0.15, 0.2) is 0 Å². The van der Waals surface area contributed by atoms with E-state index < -0.39 is 16.9 Å². The Hall–Kier alpha value is -3.61. The second-order valence-corrected chi connectivity index (χ2v) is 7.14. The Labute approximate surface area is 178 Å². The average Bonchev–Trinajstić information content (AvgIpc) is 3.09. The van der Waals surface area contributed by atoms with Gasteiger partial charge in [0, 0.05) is 5.39 Å². The quantitative estimate of drug-likeness (QED) is 0.520. The van der Waals surface area contributed by atoms with Gasteiger partial charge in [-0.3, -0.25) is 9.78 Å². The topological polar surface area (TPSA) is 119 Å². The van der Waals surface area contributed by atoms with Crippen LogP contribution in [0.5, 0.6) is 5.75 Å². The number of aryl methyl sites for hydroxylation is 1. The molecule has 9 nitrogen and oxygen atoms in total. The minimum atomic E-state index is -0.874. The molecule has 2 aromatic carbocycles. The Balaban J connectivity index is 1.91. The Bertz CT molecular complexity index is 1460. The molecule has 0 amide bonds. The van der Waals surface area contributed by atoms with Gasteiger partial charge in [0.1, 0.15) is 17.5 Å². The molecule has 0 saturated heterocycles. The number of halogens is 2. The van der Waals surface area contributed by atoms with Crippen molar-refractivity contribution in [2.24, 2.45) is 0 Å². The molecule has 0 aliphatic heterocycles. The number of hydrogen-bond acceptors (Lipinski definition) is 6. The predicted octanol–water partition coefficient (Wildman–Crippen LogP) is 2.76. The number of rotatable bonds is 3. The smallest absolute Gasteiger partial charge is 0.349 e. The molecule has 0 fully saturated rings. The zero-order valence-electron chi connectivity index (χ0n) is 15.6. The molecule has 0 bridgehead atoms. The first kappa shape index (κ1) is 19.7. The third-order valence-electron chi connectivity index (χ3n) is 4.48. The first-order valence-electron chi connectivity index (χ1n) is 8.50. The lowest BCUT2D eigenvalue weighted by atomic mass is 10.1. The maximum atomic E-state index is 12.1. The molecule has 30 heavy (non-hydrogen) atoms. The highest BCUT2D eigenvalue weighted by Gasteiger charge is 2.17. The summed E-state index contributed by atoms with van der Waals surface area (Å²) in [6.07, 6.45) is 1.66. The van der Waals surface area contributed by atoms with Crippen LogP contribution in [0.3, 0.4) is 0 Å². The molecule has 2 heterocycles. The van der Waals surface area contributed by atoms with Gasteiger partial charge in [-0.25, -0.2) is 9.48 Å². The molecule has 1 N–H and O–H groups in total. The Morgan fingerprint density at radius 3 is 2.47 bits per heavy atom. The Morgan fingerprint density at radius 1 is 1.13 bits per heavy atom. The molecule has 0 spiro atoms. The second-order valence-electron chi connectivity index (χ2n) is 6.33. The number of nitriles is 1. The van der Waals surface area contributed by atoms with E-state index in [2.05, 4.69) is 10.2 Å². The SMILES string of the molecule is COc1cc2cnn(-c3c(Cl)cc(-n4nc(C#N)c(=O)[nH]c4=O)cc3Cl)c2cc1C. The molecular weight excluding hydrogens is 431 g/mol. The Kier molecular flexibility index (Phi) is 4.81. The van der Waals surface area contributed by atoms with Crippen LogP contribution in [0, 0.1) is 18.3 Å². The van der Waals surface area contributed by atoms with Crippen molar-refractivity contribution in [3.05, 3.63) is 72.6 Å². The number of H-pyrrole nitrogens is 1. The van der Waals surface area contributed by atoms with Crippen LogP contribution < -0.4 is 16.0 Å². The van der Waals surface area contributed by atoms with Gasteiger partial charge >= 0.3 is 5.69 Å². The number of fused-ring (bicyclic) bond motifs is 1. The van der Waals surface area contributed by atoms with Crippen LogP contribution in [0.2, 0.25) is 10.0 Å². The van der Waals surface area contributed by atoms with Crippen LogP contribution in [0.25, 0.3) is 22.3 Å². The van der Waals surface area contributed by atoms with Crippen LogP contribution in [0.4, 0.5) is 0 Å². The number of hydrogen-bond donors (Lipinski definition) is 1. The summed E-state index contributed by atoms with van der Waals surface area (Å²) in [6, 6.07) is 8.27. The highest BCUT2D eigenvalue weighted by molar-refractivity contribution is 6.38. The minimum absolute atomic E-state index is 0.181. The van der Waals surface area contributed by atoms with Crippen LogP contribution >= 0.6 is 23.2 Å². The van der Waals surface area contributed by atoms with Crippen LogP contribution in [0.15, 0.2) is 40.1 Å². The summed E-state index contributed by atoms with van der Waals surface area (Å²) < 4.78 is 7.77. The van der Waals surface area contributed by atoms with Crippen LogP contribution in [-0.4, -0.2) is 31.7 Å². The summed E-state index contributed by atoms with van der Waals surface area (Å²) >= 11 is 13.0. The van der Waals surface area contributed by atoms with Gasteiger partial charge in [-0.2, -0.15) is 15.0 Å². The van der Waals surface area contributed by atoms with E-state index >= 15 is 0 Å². The number of aromatic amines is 1. The molecule has 150 valence electrons. The largest absolute Gasteiger partial charge is 0.496 e. The summed E-state index contributed by atoms with van der Waals surface area (Å²) in [7, 11) is 1.59. The zero-order chi connectivity index (χ0) is 21.6. The summed E-state index contributed by atoms with van der Waals surface area (Å²) in [5.74, 6) is 0.728. The van der Waals surface area contributed by atoms with Crippen molar-refractivity contribution in [2.75, 3.05) is 7.11 Å². The second kappa shape index (κ2) is 7.33. The molecule has 2 aromatic heterocycles. The third-order valence-corrected chi connectivity index (χ3v) is 5.05. The highest BCUT2D eigenvalue weighted by Crippen LogP contribution is 2.34. The lowest BCUT2D eigenvalue weighted by Gasteiger charge is -2.12. The van der Waals surface area contributed by atoms with Crippen molar-refractivity contribution in [3.8, 4) is 23.2 Å². The molecule has 0 atom stereocenters. The van der Waals surface area contributed by atoms with Crippen molar-refractivity contribution < 1.29 is 4.74 Å². The Morgan fingerprint density at radius 2 is 1.83 bits per heavy atom. The highest BCUT2D eigenvalue weighted by atomic mass is 35.5. The van der Waals surface area contributed by atoms with Crippen molar-refractivity contribution in [2.45, 2.75) is 6.92 Å². The first-order chi connectivity index (χ1) is 14.3. The summed E-state index contributed by atoms with van der Waals surface area (Å²) in [4.78, 5) is 25.7. The van der Waals surface area contributed by atoms with E-state index in [1.807, 2.05) is 24.0 Å². The van der Waals surface area contributed by atoms with Gasteiger partial charge in [0.2, 0.25) is 5.69 Å². The maximum absolute atomic E-state index is 12.1. The molecule has 4 rings (SSSR count). The van der Waals surface area contributed by atoms with Crippen LogP contribution in [-0.2, 0) is 0 Å². The van der Waals surface area contributed by atoms with Crippen LogP contribution in [0.1, 0.15) is 11.3 Å². The third kappa shape index (κ3) is 3.12. The normalized spacial score (nSPS) is 10.9. The molecular formula is C19H12Cl2N6O3. The van der Waals surface area contributed by atoms with Gasteiger partial charge in [-0.05, 0) is 36.8 Å². The number of ether oxygens (including phenoxy) is 1. The lowest BCUT2D eigenvalue weighted by Crippen LogP contribution is -2.33. The molecule has 0 aliphatic carbocycles. The lowest BCUT2D eigenvalue weighted by molar-refractivity contribution is 0.412. The van der Waals surface area contributed by atoms with Gasteiger partial charge in [0.05, 0.1) is 34.6 Å². The average molecular weight is 443 g/mol. The molecule has 11 heteroatoms. The minimum Gasteiger partial charge on any atom is -0.496 e. The standard InChI is InChI=1S/C19H12Cl2N6O3/c1-9-3-15-10(4-16(9)30-2)8-23-27(15)17-12(20)5-11(6-13(17)21)26-19(29)24-18(28)14(7-22)25-26/h3-6,8H,1-2H3,(H,24,28,29). The van der Waals surface area contributed by atoms with E-state index in [-0.39, 0.29) is 15.7 Å². The number of nitrogens with zero attached hydrogens (tertiary/aromatic N) is 5. The summed E-state index contributed by atoms with van der Waals surface area (Å²) in [5.41, 5.74) is 0.0842. The van der Waals surface area contributed by atoms with Gasteiger partial charge in [0.25, 0.3) is 5.56 Å². The first-order valence-corrected chi connectivity index (χ1v) is 9.25. The summed E-state index contributed by atoms with van der Waals surface area (Å²) in [6.45, 7) is 1.91.